The number of rotatable bonds is 8. The molecule has 0 aliphatic heterocycles. The Bertz CT molecular complexity index is 942. The number of hydrogen-bond donors (Lipinski definition) is 0. The highest BCUT2D eigenvalue weighted by Gasteiger charge is 2.20. The Labute approximate surface area is 174 Å². The summed E-state index contributed by atoms with van der Waals surface area (Å²) in [6, 6.07) is 10.7. The summed E-state index contributed by atoms with van der Waals surface area (Å²) in [5.41, 5.74) is 0.370. The van der Waals surface area contributed by atoms with Crippen LogP contribution in [0.5, 0.6) is 0 Å². The van der Waals surface area contributed by atoms with Crippen LogP contribution >= 0.6 is 27.3 Å². The van der Waals surface area contributed by atoms with Gasteiger partial charge in [0.05, 0.1) is 17.0 Å². The van der Waals surface area contributed by atoms with Gasteiger partial charge in [-0.1, -0.05) is 25.1 Å². The van der Waals surface area contributed by atoms with Gasteiger partial charge in [0.2, 0.25) is 5.89 Å². The van der Waals surface area contributed by atoms with Crippen molar-refractivity contribution in [1.82, 2.24) is 15.1 Å². The second kappa shape index (κ2) is 9.61. The van der Waals surface area contributed by atoms with Crippen LogP contribution in [0.3, 0.4) is 0 Å². The molecule has 2 aromatic heterocycles. The van der Waals surface area contributed by atoms with Gasteiger partial charge in [0.1, 0.15) is 0 Å². The molecular formula is C19H18BrN3O4S. The Kier molecular flexibility index (Phi) is 6.94. The van der Waals surface area contributed by atoms with E-state index in [0.29, 0.717) is 28.4 Å². The van der Waals surface area contributed by atoms with Gasteiger partial charge in [-0.3, -0.25) is 4.79 Å². The van der Waals surface area contributed by atoms with Gasteiger partial charge < -0.3 is 14.1 Å². The molecule has 0 unspecified atom stereocenters. The van der Waals surface area contributed by atoms with Gasteiger partial charge in [0.15, 0.2) is 6.61 Å². The first-order valence-corrected chi connectivity index (χ1v) is 10.3. The lowest BCUT2D eigenvalue weighted by atomic mass is 10.2. The summed E-state index contributed by atoms with van der Waals surface area (Å²) in [5.74, 6) is -0.121. The van der Waals surface area contributed by atoms with Crippen molar-refractivity contribution in [2.24, 2.45) is 0 Å². The van der Waals surface area contributed by atoms with Crippen molar-refractivity contribution >= 4 is 39.1 Å². The van der Waals surface area contributed by atoms with Crippen molar-refractivity contribution in [2.45, 2.75) is 19.9 Å². The largest absolute Gasteiger partial charge is 0.452 e. The van der Waals surface area contributed by atoms with Crippen LogP contribution in [0, 0.1) is 0 Å². The molecule has 28 heavy (non-hydrogen) atoms. The lowest BCUT2D eigenvalue weighted by Gasteiger charge is -2.20. The normalized spacial score (nSPS) is 10.6. The molecule has 1 aromatic carbocycles. The first kappa shape index (κ1) is 20.2. The molecule has 9 heteroatoms. The van der Waals surface area contributed by atoms with Gasteiger partial charge in [-0.25, -0.2) is 4.79 Å². The summed E-state index contributed by atoms with van der Waals surface area (Å²) in [6.45, 7) is 2.25. The van der Waals surface area contributed by atoms with Gasteiger partial charge in [0.25, 0.3) is 11.8 Å². The van der Waals surface area contributed by atoms with Crippen molar-refractivity contribution < 1.29 is 18.7 Å². The molecule has 0 saturated carbocycles. The number of benzene rings is 1. The predicted molar refractivity (Wildman–Crippen MR) is 108 cm³/mol. The van der Waals surface area contributed by atoms with Crippen LogP contribution in [0.15, 0.2) is 50.7 Å². The first-order chi connectivity index (χ1) is 13.6. The zero-order chi connectivity index (χ0) is 19.9. The quantitative estimate of drug-likeness (QED) is 0.466. The van der Waals surface area contributed by atoms with Crippen LogP contribution in [0.4, 0.5) is 0 Å². The van der Waals surface area contributed by atoms with Crippen LogP contribution in [0.25, 0.3) is 10.8 Å². The maximum absolute atomic E-state index is 12.5. The lowest BCUT2D eigenvalue weighted by Crippen LogP contribution is -2.35. The van der Waals surface area contributed by atoms with Crippen molar-refractivity contribution in [2.75, 3.05) is 13.2 Å². The average molecular weight is 464 g/mol. The van der Waals surface area contributed by atoms with Crippen LogP contribution in [0.2, 0.25) is 0 Å². The highest BCUT2D eigenvalue weighted by atomic mass is 79.9. The molecule has 0 radical (unpaired) electrons. The van der Waals surface area contributed by atoms with E-state index in [2.05, 4.69) is 26.1 Å². The summed E-state index contributed by atoms with van der Waals surface area (Å²) in [7, 11) is 0. The molecule has 3 rings (SSSR count). The van der Waals surface area contributed by atoms with Crippen molar-refractivity contribution in [3.63, 3.8) is 0 Å². The fourth-order valence-electron chi connectivity index (χ4n) is 2.47. The molecule has 0 atom stereocenters. The molecule has 146 valence electrons. The summed E-state index contributed by atoms with van der Waals surface area (Å²) in [5, 5.41) is 9.96. The van der Waals surface area contributed by atoms with Gasteiger partial charge in [-0.2, -0.15) is 0 Å². The van der Waals surface area contributed by atoms with Gasteiger partial charge in [-0.05, 0) is 45.9 Å². The number of esters is 1. The molecule has 0 bridgehead atoms. The third-order valence-electron chi connectivity index (χ3n) is 3.79. The molecule has 0 saturated heterocycles. The Morgan fingerprint density at radius 2 is 2.04 bits per heavy atom. The fraction of sp³-hybridized carbons (Fsp3) is 0.263. The Morgan fingerprint density at radius 1 is 1.21 bits per heavy atom. The van der Waals surface area contributed by atoms with Crippen LogP contribution in [0.1, 0.15) is 29.6 Å². The van der Waals surface area contributed by atoms with Gasteiger partial charge >= 0.3 is 5.97 Å². The highest BCUT2D eigenvalue weighted by Crippen LogP contribution is 2.23. The molecule has 2 heterocycles. The fourth-order valence-corrected chi connectivity index (χ4v) is 3.56. The summed E-state index contributed by atoms with van der Waals surface area (Å²) >= 11 is 4.79. The first-order valence-electron chi connectivity index (χ1n) is 8.64. The number of amides is 1. The zero-order valence-electron chi connectivity index (χ0n) is 15.1. The summed E-state index contributed by atoms with van der Waals surface area (Å²) in [4.78, 5) is 27.1. The minimum Gasteiger partial charge on any atom is -0.452 e. The second-order valence-corrected chi connectivity index (χ2v) is 7.65. The molecule has 0 N–H and O–H groups in total. The number of nitrogens with zero attached hydrogens (tertiary/aromatic N) is 3. The van der Waals surface area contributed by atoms with E-state index in [9.17, 15) is 9.59 Å². The number of carbonyl (C=O) groups is 2. The van der Waals surface area contributed by atoms with E-state index in [1.165, 1.54) is 11.3 Å². The number of hydrogen-bond acceptors (Lipinski definition) is 7. The van der Waals surface area contributed by atoms with Crippen LogP contribution in [-0.4, -0.2) is 40.1 Å². The molecule has 7 nitrogen and oxygen atoms in total. The minimum absolute atomic E-state index is 0.164. The SMILES string of the molecule is CCCN(Cc1nnc(-c2cccs2)o1)C(=O)COC(=O)c1ccccc1Br. The van der Waals surface area contributed by atoms with E-state index in [-0.39, 0.29) is 19.1 Å². The summed E-state index contributed by atoms with van der Waals surface area (Å²) in [6.07, 6.45) is 0.746. The summed E-state index contributed by atoms with van der Waals surface area (Å²) < 4.78 is 11.4. The van der Waals surface area contributed by atoms with Crippen molar-refractivity contribution in [3.8, 4) is 10.8 Å². The molecular weight excluding hydrogens is 446 g/mol. The molecule has 0 fully saturated rings. The number of aromatic nitrogens is 2. The van der Waals surface area contributed by atoms with E-state index < -0.39 is 5.97 Å². The van der Waals surface area contributed by atoms with Crippen LogP contribution < -0.4 is 0 Å². The molecule has 0 aliphatic rings. The predicted octanol–water partition coefficient (Wildman–Crippen LogP) is 4.16. The number of ether oxygens (including phenoxy) is 1. The minimum atomic E-state index is -0.560. The lowest BCUT2D eigenvalue weighted by molar-refractivity contribution is -0.135. The molecule has 3 aromatic rings. The topological polar surface area (TPSA) is 85.5 Å². The maximum atomic E-state index is 12.5. The van der Waals surface area contributed by atoms with E-state index in [1.807, 2.05) is 24.4 Å². The van der Waals surface area contributed by atoms with Crippen molar-refractivity contribution in [3.05, 3.63) is 57.7 Å². The zero-order valence-corrected chi connectivity index (χ0v) is 17.5. The molecule has 1 amide bonds. The van der Waals surface area contributed by atoms with Gasteiger partial charge in [0, 0.05) is 11.0 Å². The van der Waals surface area contributed by atoms with Crippen LogP contribution in [-0.2, 0) is 16.1 Å². The maximum Gasteiger partial charge on any atom is 0.339 e. The Balaban J connectivity index is 1.61. The Morgan fingerprint density at radius 3 is 2.75 bits per heavy atom. The number of carbonyl (C=O) groups excluding carboxylic acids is 2. The van der Waals surface area contributed by atoms with E-state index in [1.54, 1.807) is 29.2 Å². The average Bonchev–Trinajstić information content (AvgIpc) is 3.37. The number of halogens is 1. The van der Waals surface area contributed by atoms with Gasteiger partial charge in [-0.15, -0.1) is 21.5 Å². The number of thiophene rings is 1. The van der Waals surface area contributed by atoms with E-state index >= 15 is 0 Å². The highest BCUT2D eigenvalue weighted by molar-refractivity contribution is 9.10. The molecule has 0 aliphatic carbocycles. The van der Waals surface area contributed by atoms with E-state index in [0.717, 1.165) is 11.3 Å². The molecule has 0 spiro atoms. The Hall–Kier alpha value is -2.52. The standard InChI is InChI=1S/C19H18BrN3O4S/c1-2-9-23(11-16-21-22-18(27-16)15-8-5-10-28-15)17(24)12-26-19(25)13-6-3-4-7-14(13)20/h3-8,10H,2,9,11-12H2,1H3. The van der Waals surface area contributed by atoms with Crippen molar-refractivity contribution in [1.29, 1.82) is 0 Å². The second-order valence-electron chi connectivity index (χ2n) is 5.85. The smallest absolute Gasteiger partial charge is 0.339 e. The third kappa shape index (κ3) is 5.05. The third-order valence-corrected chi connectivity index (χ3v) is 5.34. The monoisotopic (exact) mass is 463 g/mol. The van der Waals surface area contributed by atoms with E-state index in [4.69, 9.17) is 9.15 Å².